The van der Waals surface area contributed by atoms with Crippen LogP contribution in [0.3, 0.4) is 0 Å². The summed E-state index contributed by atoms with van der Waals surface area (Å²) in [7, 11) is 1.42. The number of alkyl halides is 3. The Balaban J connectivity index is 1.60. The Morgan fingerprint density at radius 1 is 1.23 bits per heavy atom. The van der Waals surface area contributed by atoms with Crippen molar-refractivity contribution in [1.82, 2.24) is 9.78 Å². The molecule has 0 bridgehead atoms. The number of carbonyl (C=O) groups is 2. The molecule has 180 valence electrons. The first-order chi connectivity index (χ1) is 16.6. The second kappa shape index (κ2) is 9.02. The summed E-state index contributed by atoms with van der Waals surface area (Å²) in [4.78, 5) is 27.7. The fraction of sp³-hybridized carbons (Fsp3) is 0.217. The van der Waals surface area contributed by atoms with Gasteiger partial charge in [0, 0.05) is 17.9 Å². The standard InChI is InChI=1S/C23H18F3N5O4/c1-13-12-30(16-4-6-17(7-5-16)35-23(24,25)26)22(33)20-18(11-28-31(13)20)21(32)29-15-3-8-19(34-2)14(9-15)10-27/h3-9,11,13H,12H2,1-2H3,(H,29,32). The van der Waals surface area contributed by atoms with E-state index in [1.165, 1.54) is 47.2 Å². The quantitative estimate of drug-likeness (QED) is 0.582. The number of carbonyl (C=O) groups excluding carboxylic acids is 2. The molecule has 0 aliphatic carbocycles. The molecule has 1 N–H and O–H groups in total. The van der Waals surface area contributed by atoms with E-state index in [0.29, 0.717) is 17.1 Å². The zero-order valence-corrected chi connectivity index (χ0v) is 18.5. The van der Waals surface area contributed by atoms with Gasteiger partial charge in [0.15, 0.2) is 0 Å². The van der Waals surface area contributed by atoms with Crippen molar-refractivity contribution in [2.24, 2.45) is 0 Å². The molecule has 9 nitrogen and oxygen atoms in total. The van der Waals surface area contributed by atoms with Crippen LogP contribution in [-0.2, 0) is 0 Å². The van der Waals surface area contributed by atoms with Crippen LogP contribution in [-0.4, -0.2) is 41.6 Å². The lowest BCUT2D eigenvalue weighted by Crippen LogP contribution is -2.43. The molecule has 2 amide bonds. The average molecular weight is 485 g/mol. The van der Waals surface area contributed by atoms with E-state index in [-0.39, 0.29) is 29.4 Å². The third-order valence-electron chi connectivity index (χ3n) is 5.31. The van der Waals surface area contributed by atoms with Gasteiger partial charge >= 0.3 is 6.36 Å². The van der Waals surface area contributed by atoms with Crippen molar-refractivity contribution in [3.8, 4) is 17.6 Å². The number of rotatable bonds is 5. The number of nitrogens with one attached hydrogen (secondary N) is 1. The summed E-state index contributed by atoms with van der Waals surface area (Å²) in [6.45, 7) is 1.99. The predicted molar refractivity (Wildman–Crippen MR) is 117 cm³/mol. The Morgan fingerprint density at radius 2 is 1.94 bits per heavy atom. The third-order valence-corrected chi connectivity index (χ3v) is 5.31. The van der Waals surface area contributed by atoms with Crippen LogP contribution in [0.15, 0.2) is 48.7 Å². The largest absolute Gasteiger partial charge is 0.573 e. The number of benzene rings is 2. The van der Waals surface area contributed by atoms with E-state index < -0.39 is 23.9 Å². The number of anilines is 2. The van der Waals surface area contributed by atoms with E-state index in [1.807, 2.05) is 6.07 Å². The second-order valence-electron chi connectivity index (χ2n) is 7.64. The number of amides is 2. The van der Waals surface area contributed by atoms with Gasteiger partial charge in [-0.1, -0.05) is 0 Å². The van der Waals surface area contributed by atoms with Gasteiger partial charge < -0.3 is 19.7 Å². The molecule has 1 unspecified atom stereocenters. The number of ether oxygens (including phenoxy) is 2. The fourth-order valence-corrected chi connectivity index (χ4v) is 3.75. The highest BCUT2D eigenvalue weighted by molar-refractivity contribution is 6.15. The van der Waals surface area contributed by atoms with Gasteiger partial charge in [-0.25, -0.2) is 0 Å². The molecule has 4 rings (SSSR count). The lowest BCUT2D eigenvalue weighted by Gasteiger charge is -2.32. The summed E-state index contributed by atoms with van der Waals surface area (Å²) < 4.78 is 47.7. The maximum absolute atomic E-state index is 13.3. The molecule has 0 radical (unpaired) electrons. The fourth-order valence-electron chi connectivity index (χ4n) is 3.75. The van der Waals surface area contributed by atoms with E-state index in [0.717, 1.165) is 12.1 Å². The molecule has 3 aromatic rings. The van der Waals surface area contributed by atoms with Gasteiger partial charge in [-0.05, 0) is 49.4 Å². The van der Waals surface area contributed by atoms with E-state index >= 15 is 0 Å². The zero-order chi connectivity index (χ0) is 25.3. The monoisotopic (exact) mass is 485 g/mol. The van der Waals surface area contributed by atoms with Gasteiger partial charge in [-0.3, -0.25) is 14.3 Å². The molecule has 2 heterocycles. The molecule has 1 atom stereocenters. The van der Waals surface area contributed by atoms with Crippen molar-refractivity contribution >= 4 is 23.2 Å². The van der Waals surface area contributed by atoms with Gasteiger partial charge in [0.2, 0.25) is 0 Å². The molecule has 2 aromatic carbocycles. The number of halogens is 3. The van der Waals surface area contributed by atoms with Crippen molar-refractivity contribution in [1.29, 1.82) is 5.26 Å². The number of nitrogens with zero attached hydrogens (tertiary/aromatic N) is 4. The van der Waals surface area contributed by atoms with Gasteiger partial charge in [-0.15, -0.1) is 13.2 Å². The molecule has 1 aliphatic rings. The molecule has 1 aliphatic heterocycles. The minimum absolute atomic E-state index is 0.0119. The highest BCUT2D eigenvalue weighted by Gasteiger charge is 2.36. The first-order valence-corrected chi connectivity index (χ1v) is 10.3. The highest BCUT2D eigenvalue weighted by Crippen LogP contribution is 2.31. The molecule has 12 heteroatoms. The number of hydrogen-bond donors (Lipinski definition) is 1. The molecule has 1 aromatic heterocycles. The number of methoxy groups -OCH3 is 1. The molecule has 0 saturated heterocycles. The average Bonchev–Trinajstić information content (AvgIpc) is 3.27. The third kappa shape index (κ3) is 4.74. The number of aromatic nitrogens is 2. The van der Waals surface area contributed by atoms with Crippen molar-refractivity contribution < 1.29 is 32.2 Å². The smallest absolute Gasteiger partial charge is 0.495 e. The van der Waals surface area contributed by atoms with Crippen LogP contribution in [0.25, 0.3) is 0 Å². The molecule has 35 heavy (non-hydrogen) atoms. The van der Waals surface area contributed by atoms with Crippen LogP contribution in [0.4, 0.5) is 24.5 Å². The Bertz CT molecular complexity index is 1330. The second-order valence-corrected chi connectivity index (χ2v) is 7.64. The molecular weight excluding hydrogens is 467 g/mol. The van der Waals surface area contributed by atoms with E-state index in [2.05, 4.69) is 15.2 Å². The van der Waals surface area contributed by atoms with E-state index in [9.17, 15) is 28.0 Å². The zero-order valence-electron chi connectivity index (χ0n) is 18.5. The number of nitriles is 1. The van der Waals surface area contributed by atoms with Crippen molar-refractivity contribution in [3.05, 3.63) is 65.5 Å². The summed E-state index contributed by atoms with van der Waals surface area (Å²) in [5, 5.41) is 16.1. The van der Waals surface area contributed by atoms with Crippen LogP contribution < -0.4 is 19.7 Å². The SMILES string of the molecule is COc1ccc(NC(=O)c2cnn3c2C(=O)N(c2ccc(OC(F)(F)F)cc2)CC3C)cc1C#N. The van der Waals surface area contributed by atoms with Crippen LogP contribution in [0.5, 0.6) is 11.5 Å². The lowest BCUT2D eigenvalue weighted by atomic mass is 10.1. The first-order valence-electron chi connectivity index (χ1n) is 10.3. The summed E-state index contributed by atoms with van der Waals surface area (Å²) in [5.41, 5.74) is 0.921. The molecule has 0 spiro atoms. The van der Waals surface area contributed by atoms with E-state index in [1.54, 1.807) is 13.0 Å². The summed E-state index contributed by atoms with van der Waals surface area (Å²) >= 11 is 0. The first kappa shape index (κ1) is 23.6. The minimum Gasteiger partial charge on any atom is -0.495 e. The minimum atomic E-state index is -4.83. The van der Waals surface area contributed by atoms with Crippen LogP contribution in [0, 0.1) is 11.3 Å². The van der Waals surface area contributed by atoms with Gasteiger partial charge in [-0.2, -0.15) is 10.4 Å². The Labute approximate surface area is 197 Å². The number of hydrogen-bond acceptors (Lipinski definition) is 6. The van der Waals surface area contributed by atoms with Gasteiger partial charge in [0.1, 0.15) is 23.3 Å². The lowest BCUT2D eigenvalue weighted by molar-refractivity contribution is -0.274. The maximum atomic E-state index is 13.3. The van der Waals surface area contributed by atoms with Crippen molar-refractivity contribution in [2.75, 3.05) is 23.9 Å². The topological polar surface area (TPSA) is 109 Å². The molecular formula is C23H18F3N5O4. The Morgan fingerprint density at radius 3 is 2.57 bits per heavy atom. The van der Waals surface area contributed by atoms with Gasteiger partial charge in [0.05, 0.1) is 30.5 Å². The molecule has 0 saturated carbocycles. The predicted octanol–water partition coefficient (Wildman–Crippen LogP) is 4.14. The summed E-state index contributed by atoms with van der Waals surface area (Å²) in [5.74, 6) is -1.22. The highest BCUT2D eigenvalue weighted by atomic mass is 19.4. The Hall–Kier alpha value is -4.53. The van der Waals surface area contributed by atoms with Crippen molar-refractivity contribution in [2.45, 2.75) is 19.3 Å². The van der Waals surface area contributed by atoms with Gasteiger partial charge in [0.25, 0.3) is 11.8 Å². The van der Waals surface area contributed by atoms with Crippen LogP contribution in [0.1, 0.15) is 39.4 Å². The van der Waals surface area contributed by atoms with Crippen molar-refractivity contribution in [3.63, 3.8) is 0 Å². The Kier molecular flexibility index (Phi) is 6.09. The van der Waals surface area contributed by atoms with Crippen LogP contribution in [0.2, 0.25) is 0 Å². The molecule has 0 fully saturated rings. The van der Waals surface area contributed by atoms with E-state index in [4.69, 9.17) is 4.74 Å². The number of fused-ring (bicyclic) bond motifs is 1. The normalized spacial score (nSPS) is 15.3. The van der Waals surface area contributed by atoms with Crippen LogP contribution >= 0.6 is 0 Å². The maximum Gasteiger partial charge on any atom is 0.573 e. The summed E-state index contributed by atoms with van der Waals surface area (Å²) in [6.07, 6.45) is -3.55. The summed E-state index contributed by atoms with van der Waals surface area (Å²) in [6, 6.07) is 11.1.